The lowest BCUT2D eigenvalue weighted by atomic mass is 10.1. The zero-order chi connectivity index (χ0) is 23.3. The zero-order valence-electron chi connectivity index (χ0n) is 16.1. The van der Waals surface area contributed by atoms with Gasteiger partial charge in [-0.15, -0.1) is 0 Å². The summed E-state index contributed by atoms with van der Waals surface area (Å²) < 4.78 is 20.6. The van der Waals surface area contributed by atoms with Gasteiger partial charge in [-0.1, -0.05) is 35.3 Å². The zero-order valence-corrected chi connectivity index (χ0v) is 22.0. The Hall–Kier alpha value is -1.87. The summed E-state index contributed by atoms with van der Waals surface area (Å²) in [5.41, 5.74) is 1.88. The van der Waals surface area contributed by atoms with Crippen molar-refractivity contribution >= 4 is 86.1 Å². The van der Waals surface area contributed by atoms with Crippen molar-refractivity contribution in [2.75, 3.05) is 5.32 Å². The van der Waals surface area contributed by atoms with Crippen LogP contribution in [-0.2, 0) is 11.4 Å². The molecule has 0 saturated heterocycles. The topological polar surface area (TPSA) is 62.1 Å². The average Bonchev–Trinajstić information content (AvgIpc) is 2.75. The normalized spacial score (nSPS) is 11.1. The monoisotopic (exact) mass is 692 g/mol. The molecule has 3 aromatic carbocycles. The second kappa shape index (κ2) is 11.3. The largest absolute Gasteiger partial charge is 0.487 e. The lowest BCUT2D eigenvalue weighted by molar-refractivity contribution is -0.112. The molecule has 0 atom stereocenters. The summed E-state index contributed by atoms with van der Waals surface area (Å²) in [6.45, 7) is 0.289. The van der Waals surface area contributed by atoms with Gasteiger partial charge < -0.3 is 10.1 Å². The Bertz CT molecular complexity index is 1220. The van der Waals surface area contributed by atoms with E-state index in [1.807, 2.05) is 18.2 Å². The first-order valence-corrected chi connectivity index (χ1v) is 11.9. The van der Waals surface area contributed by atoms with Crippen molar-refractivity contribution in [3.63, 3.8) is 0 Å². The van der Waals surface area contributed by atoms with Crippen LogP contribution in [0.25, 0.3) is 6.08 Å². The van der Waals surface area contributed by atoms with E-state index >= 15 is 0 Å². The van der Waals surface area contributed by atoms with E-state index in [9.17, 15) is 14.4 Å². The predicted molar refractivity (Wildman–Crippen MR) is 141 cm³/mol. The smallest absolute Gasteiger partial charge is 0.266 e. The number of nitrogens with one attached hydrogen (secondary N) is 1. The highest BCUT2D eigenvalue weighted by Crippen LogP contribution is 2.31. The van der Waals surface area contributed by atoms with E-state index < -0.39 is 5.91 Å². The third-order valence-corrected chi connectivity index (χ3v) is 6.51. The summed E-state index contributed by atoms with van der Waals surface area (Å²) in [6, 6.07) is 16.3. The van der Waals surface area contributed by atoms with Crippen molar-refractivity contribution in [1.82, 2.24) is 0 Å². The van der Waals surface area contributed by atoms with Gasteiger partial charge in [-0.3, -0.25) is 4.79 Å². The molecule has 0 spiro atoms. The highest BCUT2D eigenvalue weighted by molar-refractivity contribution is 14.1. The van der Waals surface area contributed by atoms with Crippen molar-refractivity contribution in [2.45, 2.75) is 6.61 Å². The minimum atomic E-state index is -0.562. The maximum absolute atomic E-state index is 13.1. The van der Waals surface area contributed by atoms with Gasteiger partial charge >= 0.3 is 0 Å². The summed E-state index contributed by atoms with van der Waals surface area (Å²) in [5, 5.41) is 12.8. The molecular formula is C23H13Cl2FI2N2O2. The third-order valence-electron chi connectivity index (χ3n) is 4.17. The van der Waals surface area contributed by atoms with Crippen LogP contribution in [0.1, 0.15) is 11.1 Å². The predicted octanol–water partition coefficient (Wildman–Crippen LogP) is 7.47. The molecule has 1 N–H and O–H groups in total. The summed E-state index contributed by atoms with van der Waals surface area (Å²) in [6.07, 6.45) is 1.50. The molecule has 0 radical (unpaired) electrons. The maximum Gasteiger partial charge on any atom is 0.266 e. The maximum atomic E-state index is 13.1. The van der Waals surface area contributed by atoms with Crippen molar-refractivity contribution in [1.29, 1.82) is 5.26 Å². The summed E-state index contributed by atoms with van der Waals surface area (Å²) in [7, 11) is 0. The van der Waals surface area contributed by atoms with Crippen LogP contribution >= 0.6 is 68.4 Å². The lowest BCUT2D eigenvalue weighted by Gasteiger charge is -2.12. The Morgan fingerprint density at radius 1 is 1.06 bits per heavy atom. The molecule has 3 rings (SSSR count). The number of hydrogen-bond acceptors (Lipinski definition) is 3. The Balaban J connectivity index is 1.77. The van der Waals surface area contributed by atoms with Gasteiger partial charge in [0.15, 0.2) is 0 Å². The fraction of sp³-hybridized carbons (Fsp3) is 0.0435. The highest BCUT2D eigenvalue weighted by Gasteiger charge is 2.13. The van der Waals surface area contributed by atoms with Crippen LogP contribution in [0.3, 0.4) is 0 Å². The third kappa shape index (κ3) is 6.57. The lowest BCUT2D eigenvalue weighted by Crippen LogP contribution is -2.13. The molecule has 0 bridgehead atoms. The summed E-state index contributed by atoms with van der Waals surface area (Å²) >= 11 is 16.1. The van der Waals surface area contributed by atoms with E-state index in [1.165, 1.54) is 24.3 Å². The molecule has 0 aliphatic heterocycles. The van der Waals surface area contributed by atoms with E-state index in [0.29, 0.717) is 27.0 Å². The molecule has 0 unspecified atom stereocenters. The van der Waals surface area contributed by atoms with E-state index in [2.05, 4.69) is 50.5 Å². The van der Waals surface area contributed by atoms with Crippen LogP contribution in [0, 0.1) is 24.3 Å². The summed E-state index contributed by atoms with van der Waals surface area (Å²) in [4.78, 5) is 12.5. The summed E-state index contributed by atoms with van der Waals surface area (Å²) in [5.74, 6) is -0.190. The first-order chi connectivity index (χ1) is 15.3. The van der Waals surface area contributed by atoms with E-state index in [-0.39, 0.29) is 18.0 Å². The number of carbonyl (C=O) groups is 1. The van der Waals surface area contributed by atoms with Gasteiger partial charge in [0.2, 0.25) is 0 Å². The van der Waals surface area contributed by atoms with Crippen LogP contribution in [0.5, 0.6) is 5.75 Å². The molecule has 0 heterocycles. The van der Waals surface area contributed by atoms with Gasteiger partial charge in [-0.25, -0.2) is 4.39 Å². The molecule has 32 heavy (non-hydrogen) atoms. The number of anilines is 1. The average molecular weight is 693 g/mol. The van der Waals surface area contributed by atoms with Gasteiger partial charge in [-0.2, -0.15) is 5.26 Å². The Labute approximate surface area is 221 Å². The van der Waals surface area contributed by atoms with Gasteiger partial charge in [0.05, 0.1) is 17.2 Å². The fourth-order valence-electron chi connectivity index (χ4n) is 2.62. The Morgan fingerprint density at radius 3 is 2.31 bits per heavy atom. The quantitative estimate of drug-likeness (QED) is 0.166. The van der Waals surface area contributed by atoms with E-state index in [4.69, 9.17) is 27.9 Å². The van der Waals surface area contributed by atoms with E-state index in [1.54, 1.807) is 24.3 Å². The van der Waals surface area contributed by atoms with Crippen molar-refractivity contribution < 1.29 is 13.9 Å². The molecule has 3 aromatic rings. The van der Waals surface area contributed by atoms with Crippen LogP contribution in [0.15, 0.2) is 60.2 Å². The standard InChI is InChI=1S/C23H13Cl2FI2N2O2/c24-18-6-5-17(10-19(18)25)30-23(31)15(11-29)7-14-8-20(27)22(21(28)9-14)32-12-13-1-3-16(26)4-2-13/h1-10H,12H2,(H,30,31)/b15-7+. The number of hydrogen-bond donors (Lipinski definition) is 1. The minimum absolute atomic E-state index is 0.0670. The van der Waals surface area contributed by atoms with Crippen LogP contribution in [0.4, 0.5) is 10.1 Å². The molecule has 0 saturated carbocycles. The van der Waals surface area contributed by atoms with Gasteiger partial charge in [0.25, 0.3) is 5.91 Å². The second-order valence-electron chi connectivity index (χ2n) is 6.48. The molecule has 1 amide bonds. The van der Waals surface area contributed by atoms with E-state index in [0.717, 1.165) is 12.7 Å². The fourth-order valence-corrected chi connectivity index (χ4v) is 5.05. The number of nitrogens with zero attached hydrogens (tertiary/aromatic N) is 1. The second-order valence-corrected chi connectivity index (χ2v) is 9.62. The number of ether oxygens (including phenoxy) is 1. The van der Waals surface area contributed by atoms with Crippen molar-refractivity contribution in [3.05, 3.63) is 94.3 Å². The SMILES string of the molecule is N#C/C(=C\c1cc(I)c(OCc2ccc(F)cc2)c(I)c1)C(=O)Nc1ccc(Cl)c(Cl)c1. The highest BCUT2D eigenvalue weighted by atomic mass is 127. The molecule has 0 aliphatic rings. The Kier molecular flexibility index (Phi) is 8.76. The van der Waals surface area contributed by atoms with Crippen LogP contribution in [-0.4, -0.2) is 5.91 Å². The number of nitriles is 1. The van der Waals surface area contributed by atoms with Crippen molar-refractivity contribution in [2.24, 2.45) is 0 Å². The molecule has 0 aliphatic carbocycles. The number of rotatable bonds is 6. The van der Waals surface area contributed by atoms with Crippen LogP contribution < -0.4 is 10.1 Å². The molecule has 9 heteroatoms. The Morgan fingerprint density at radius 2 is 1.72 bits per heavy atom. The van der Waals surface area contributed by atoms with Gasteiger partial charge in [-0.05, 0) is 105 Å². The molecular weight excluding hydrogens is 680 g/mol. The van der Waals surface area contributed by atoms with Crippen molar-refractivity contribution in [3.8, 4) is 11.8 Å². The number of amides is 1. The van der Waals surface area contributed by atoms with Crippen LogP contribution in [0.2, 0.25) is 10.0 Å². The molecule has 0 aromatic heterocycles. The molecule has 0 fully saturated rings. The molecule has 4 nitrogen and oxygen atoms in total. The minimum Gasteiger partial charge on any atom is -0.487 e. The first kappa shape index (κ1) is 24.8. The number of halogens is 5. The van der Waals surface area contributed by atoms with Gasteiger partial charge in [0.1, 0.15) is 29.8 Å². The number of carbonyl (C=O) groups excluding carboxylic acids is 1. The number of benzene rings is 3. The molecule has 162 valence electrons. The first-order valence-electron chi connectivity index (χ1n) is 9.01. The van der Waals surface area contributed by atoms with Gasteiger partial charge in [0, 0.05) is 5.69 Å².